The second-order valence-corrected chi connectivity index (χ2v) is 6.70. The van der Waals surface area contributed by atoms with Gasteiger partial charge < -0.3 is 14.8 Å². The van der Waals surface area contributed by atoms with Crippen LogP contribution in [0.1, 0.15) is 31.9 Å². The lowest BCUT2D eigenvalue weighted by Crippen LogP contribution is -2.36. The number of likely N-dealkylation sites (N-methyl/N-ethyl adjacent to an activating group) is 1. The van der Waals surface area contributed by atoms with Crippen LogP contribution in [0.2, 0.25) is 5.02 Å². The fourth-order valence-electron chi connectivity index (χ4n) is 2.36. The molecule has 4 heteroatoms. The summed E-state index contributed by atoms with van der Waals surface area (Å²) < 4.78 is 11.6. The van der Waals surface area contributed by atoms with Crippen LogP contribution in [0.5, 0.6) is 5.75 Å². The van der Waals surface area contributed by atoms with Crippen molar-refractivity contribution in [1.29, 1.82) is 0 Å². The second-order valence-electron chi connectivity index (χ2n) is 6.26. The number of hydrogen-bond acceptors (Lipinski definition) is 3. The molecule has 0 saturated heterocycles. The highest BCUT2D eigenvalue weighted by atomic mass is 35.5. The standard InChI is InChI=1S/C16H24ClNO2/c1-16(2,3)20-10-14(18-4)9-12-8-13(17)7-11-5-6-19-15(11)12/h7-8,14,18H,5-6,9-10H2,1-4H3. The summed E-state index contributed by atoms with van der Waals surface area (Å²) in [4.78, 5) is 0. The number of rotatable bonds is 5. The van der Waals surface area contributed by atoms with Crippen molar-refractivity contribution in [2.45, 2.75) is 45.3 Å². The number of fused-ring (bicyclic) bond motifs is 1. The zero-order chi connectivity index (χ0) is 14.8. The highest BCUT2D eigenvalue weighted by Crippen LogP contribution is 2.33. The number of ether oxygens (including phenoxy) is 2. The minimum atomic E-state index is -0.123. The third-order valence-corrected chi connectivity index (χ3v) is 3.64. The first-order valence-corrected chi connectivity index (χ1v) is 7.52. The van der Waals surface area contributed by atoms with Crippen LogP contribution in [0, 0.1) is 0 Å². The van der Waals surface area contributed by atoms with E-state index in [0.29, 0.717) is 6.61 Å². The lowest BCUT2D eigenvalue weighted by Gasteiger charge is -2.24. The SMILES string of the molecule is CNC(COC(C)(C)C)Cc1cc(Cl)cc2c1OCC2. The lowest BCUT2D eigenvalue weighted by atomic mass is 10.0. The van der Waals surface area contributed by atoms with E-state index in [2.05, 4.69) is 26.1 Å². The second kappa shape index (κ2) is 6.33. The van der Waals surface area contributed by atoms with E-state index in [1.54, 1.807) is 0 Å². The zero-order valence-corrected chi connectivity index (χ0v) is 13.5. The van der Waals surface area contributed by atoms with Gasteiger partial charge in [0.1, 0.15) is 5.75 Å². The molecule has 0 bridgehead atoms. The Hall–Kier alpha value is -0.770. The minimum Gasteiger partial charge on any atom is -0.493 e. The van der Waals surface area contributed by atoms with Gasteiger partial charge in [0, 0.05) is 17.5 Å². The average molecular weight is 298 g/mol. The molecule has 20 heavy (non-hydrogen) atoms. The third kappa shape index (κ3) is 4.11. The van der Waals surface area contributed by atoms with Crippen LogP contribution in [0.15, 0.2) is 12.1 Å². The molecule has 0 aliphatic carbocycles. The summed E-state index contributed by atoms with van der Waals surface area (Å²) in [6.07, 6.45) is 1.81. The summed E-state index contributed by atoms with van der Waals surface area (Å²) in [5.74, 6) is 1.02. The highest BCUT2D eigenvalue weighted by molar-refractivity contribution is 6.30. The number of halogens is 1. The van der Waals surface area contributed by atoms with Gasteiger partial charge in [0.2, 0.25) is 0 Å². The van der Waals surface area contributed by atoms with Gasteiger partial charge in [-0.05, 0) is 57.5 Å². The average Bonchev–Trinajstić information content (AvgIpc) is 2.81. The van der Waals surface area contributed by atoms with E-state index < -0.39 is 0 Å². The van der Waals surface area contributed by atoms with E-state index in [1.807, 2.05) is 19.2 Å². The van der Waals surface area contributed by atoms with Crippen molar-refractivity contribution >= 4 is 11.6 Å². The Morgan fingerprint density at radius 1 is 1.40 bits per heavy atom. The maximum atomic E-state index is 6.20. The van der Waals surface area contributed by atoms with Crippen LogP contribution in [0.3, 0.4) is 0 Å². The highest BCUT2D eigenvalue weighted by Gasteiger charge is 2.21. The Morgan fingerprint density at radius 3 is 2.80 bits per heavy atom. The monoisotopic (exact) mass is 297 g/mol. The van der Waals surface area contributed by atoms with Crippen LogP contribution < -0.4 is 10.1 Å². The number of hydrogen-bond donors (Lipinski definition) is 1. The molecule has 0 saturated carbocycles. The van der Waals surface area contributed by atoms with E-state index in [0.717, 1.165) is 30.2 Å². The van der Waals surface area contributed by atoms with E-state index >= 15 is 0 Å². The van der Waals surface area contributed by atoms with Crippen molar-refractivity contribution in [2.75, 3.05) is 20.3 Å². The fraction of sp³-hybridized carbons (Fsp3) is 0.625. The Balaban J connectivity index is 2.08. The van der Waals surface area contributed by atoms with Crippen LogP contribution >= 0.6 is 11.6 Å². The normalized spacial score (nSPS) is 15.8. The van der Waals surface area contributed by atoms with Crippen molar-refractivity contribution < 1.29 is 9.47 Å². The molecule has 112 valence electrons. The zero-order valence-electron chi connectivity index (χ0n) is 12.8. The first-order valence-electron chi connectivity index (χ1n) is 7.14. The molecule has 0 aromatic heterocycles. The van der Waals surface area contributed by atoms with E-state index in [-0.39, 0.29) is 11.6 Å². The summed E-state index contributed by atoms with van der Waals surface area (Å²) in [6.45, 7) is 7.63. The molecule has 2 rings (SSSR count). The summed E-state index contributed by atoms with van der Waals surface area (Å²) >= 11 is 6.20. The largest absolute Gasteiger partial charge is 0.493 e. The molecule has 3 nitrogen and oxygen atoms in total. The minimum absolute atomic E-state index is 0.123. The van der Waals surface area contributed by atoms with Crippen molar-refractivity contribution in [2.24, 2.45) is 0 Å². The van der Waals surface area contributed by atoms with Gasteiger partial charge >= 0.3 is 0 Å². The predicted molar refractivity (Wildman–Crippen MR) is 82.9 cm³/mol. The topological polar surface area (TPSA) is 30.5 Å². The Labute approximate surface area is 126 Å². The van der Waals surface area contributed by atoms with Crippen LogP contribution in [0.4, 0.5) is 0 Å². The summed E-state index contributed by atoms with van der Waals surface area (Å²) in [5, 5.41) is 4.10. The first-order chi connectivity index (χ1) is 9.39. The summed E-state index contributed by atoms with van der Waals surface area (Å²) in [5.41, 5.74) is 2.27. The maximum absolute atomic E-state index is 6.20. The molecule has 1 aromatic rings. The molecule has 1 N–H and O–H groups in total. The number of benzene rings is 1. The molecule has 1 aromatic carbocycles. The first kappa shape index (κ1) is 15.6. The van der Waals surface area contributed by atoms with Crippen LogP contribution in [-0.2, 0) is 17.6 Å². The van der Waals surface area contributed by atoms with Gasteiger partial charge in [-0.3, -0.25) is 0 Å². The Kier molecular flexibility index (Phi) is 4.95. The van der Waals surface area contributed by atoms with E-state index in [1.165, 1.54) is 11.1 Å². The molecule has 1 heterocycles. The van der Waals surface area contributed by atoms with Gasteiger partial charge in [0.25, 0.3) is 0 Å². The fourth-order valence-corrected chi connectivity index (χ4v) is 2.62. The maximum Gasteiger partial charge on any atom is 0.125 e. The lowest BCUT2D eigenvalue weighted by molar-refractivity contribution is -0.0135. The van der Waals surface area contributed by atoms with Crippen molar-refractivity contribution in [1.82, 2.24) is 5.32 Å². The van der Waals surface area contributed by atoms with Crippen LogP contribution in [-0.4, -0.2) is 31.9 Å². The molecule has 1 aliphatic rings. The molecule has 1 unspecified atom stereocenters. The van der Waals surface area contributed by atoms with Crippen molar-refractivity contribution in [3.63, 3.8) is 0 Å². The van der Waals surface area contributed by atoms with E-state index in [4.69, 9.17) is 21.1 Å². The van der Waals surface area contributed by atoms with E-state index in [9.17, 15) is 0 Å². The summed E-state index contributed by atoms with van der Waals surface area (Å²) in [7, 11) is 1.96. The number of nitrogens with one attached hydrogen (secondary N) is 1. The molecular formula is C16H24ClNO2. The molecule has 0 amide bonds. The smallest absolute Gasteiger partial charge is 0.125 e. The van der Waals surface area contributed by atoms with Crippen molar-refractivity contribution in [3.8, 4) is 5.75 Å². The molecule has 0 fully saturated rings. The quantitative estimate of drug-likeness (QED) is 0.905. The molecule has 1 aliphatic heterocycles. The Bertz CT molecular complexity index is 468. The van der Waals surface area contributed by atoms with Crippen LogP contribution in [0.25, 0.3) is 0 Å². The van der Waals surface area contributed by atoms with Gasteiger partial charge in [-0.25, -0.2) is 0 Å². The van der Waals surface area contributed by atoms with Gasteiger partial charge in [-0.1, -0.05) is 11.6 Å². The van der Waals surface area contributed by atoms with Gasteiger partial charge in [0.15, 0.2) is 0 Å². The van der Waals surface area contributed by atoms with Gasteiger partial charge in [-0.15, -0.1) is 0 Å². The molecule has 0 radical (unpaired) electrons. The third-order valence-electron chi connectivity index (χ3n) is 3.42. The molecule has 0 spiro atoms. The van der Waals surface area contributed by atoms with Crippen molar-refractivity contribution in [3.05, 3.63) is 28.3 Å². The molecule has 1 atom stereocenters. The van der Waals surface area contributed by atoms with Gasteiger partial charge in [-0.2, -0.15) is 0 Å². The molecular weight excluding hydrogens is 274 g/mol. The van der Waals surface area contributed by atoms with Gasteiger partial charge in [0.05, 0.1) is 18.8 Å². The summed E-state index contributed by atoms with van der Waals surface area (Å²) in [6, 6.07) is 4.27. The predicted octanol–water partition coefficient (Wildman–Crippen LogP) is 3.22. The Morgan fingerprint density at radius 2 is 2.15 bits per heavy atom.